The van der Waals surface area contributed by atoms with E-state index in [-0.39, 0.29) is 11.9 Å². The van der Waals surface area contributed by atoms with Crippen LogP contribution in [0.5, 0.6) is 0 Å². The van der Waals surface area contributed by atoms with Crippen molar-refractivity contribution in [2.45, 2.75) is 50.9 Å². The van der Waals surface area contributed by atoms with Crippen LogP contribution in [0.2, 0.25) is 0 Å². The number of hydrogen-bond donors (Lipinski definition) is 1. The average Bonchev–Trinajstić information content (AvgIpc) is 2.68. The van der Waals surface area contributed by atoms with Gasteiger partial charge in [-0.05, 0) is 49.6 Å². The van der Waals surface area contributed by atoms with Gasteiger partial charge in [-0.3, -0.25) is 0 Å². The number of cyclic esters (lactones) is 1. The molecule has 1 N–H and O–H groups in total. The Bertz CT molecular complexity index is 888. The lowest BCUT2D eigenvalue weighted by Gasteiger charge is -2.43. The molecule has 0 aromatic heterocycles. The number of ether oxygens (including phenoxy) is 1. The van der Waals surface area contributed by atoms with E-state index in [0.29, 0.717) is 19.4 Å². The summed E-state index contributed by atoms with van der Waals surface area (Å²) >= 11 is 0. The Hall–Kier alpha value is -2.66. The summed E-state index contributed by atoms with van der Waals surface area (Å²) in [6, 6.07) is 13.5. The Labute approximate surface area is 171 Å². The third-order valence-corrected chi connectivity index (χ3v) is 5.66. The van der Waals surface area contributed by atoms with Crippen LogP contribution in [-0.2, 0) is 15.9 Å². The molecule has 0 unspecified atom stereocenters. The Morgan fingerprint density at radius 3 is 2.59 bits per heavy atom. The zero-order valence-electron chi connectivity index (χ0n) is 17.2. The van der Waals surface area contributed by atoms with Crippen molar-refractivity contribution in [2.24, 2.45) is 0 Å². The first kappa shape index (κ1) is 21.1. The SMILES string of the molecule is C=CC[C@]1(c2ccc(F)cc2)CCN([C@@H](C)c2cccc(C(C)(C)O)c2)C(=O)O1. The van der Waals surface area contributed by atoms with Crippen LogP contribution < -0.4 is 0 Å². The molecule has 3 rings (SSSR count). The Kier molecular flexibility index (Phi) is 5.80. The van der Waals surface area contributed by atoms with Gasteiger partial charge < -0.3 is 14.7 Å². The van der Waals surface area contributed by atoms with Crippen molar-refractivity contribution in [1.82, 2.24) is 4.90 Å². The van der Waals surface area contributed by atoms with Gasteiger partial charge in [0.05, 0.1) is 11.6 Å². The summed E-state index contributed by atoms with van der Waals surface area (Å²) in [7, 11) is 0. The highest BCUT2D eigenvalue weighted by Gasteiger charge is 2.42. The molecule has 0 aliphatic carbocycles. The van der Waals surface area contributed by atoms with E-state index in [1.54, 1.807) is 37.0 Å². The zero-order valence-corrected chi connectivity index (χ0v) is 17.2. The van der Waals surface area contributed by atoms with Crippen LogP contribution in [0.1, 0.15) is 56.3 Å². The van der Waals surface area contributed by atoms with E-state index < -0.39 is 17.3 Å². The number of nitrogens with zero attached hydrogens (tertiary/aromatic N) is 1. The molecule has 154 valence electrons. The second-order valence-corrected chi connectivity index (χ2v) is 8.17. The molecule has 0 radical (unpaired) electrons. The van der Waals surface area contributed by atoms with Gasteiger partial charge in [0.25, 0.3) is 0 Å². The molecule has 0 spiro atoms. The number of carbonyl (C=O) groups is 1. The number of aliphatic hydroxyl groups is 1. The second-order valence-electron chi connectivity index (χ2n) is 8.17. The van der Waals surface area contributed by atoms with Gasteiger partial charge >= 0.3 is 6.09 Å². The van der Waals surface area contributed by atoms with Gasteiger partial charge in [-0.2, -0.15) is 0 Å². The van der Waals surface area contributed by atoms with E-state index in [1.807, 2.05) is 31.2 Å². The van der Waals surface area contributed by atoms with Crippen LogP contribution in [0.3, 0.4) is 0 Å². The fraction of sp³-hybridized carbons (Fsp3) is 0.375. The number of amides is 1. The van der Waals surface area contributed by atoms with Crippen LogP contribution in [0.25, 0.3) is 0 Å². The van der Waals surface area contributed by atoms with Crippen molar-refractivity contribution < 1.29 is 19.0 Å². The molecule has 2 atom stereocenters. The maximum absolute atomic E-state index is 13.4. The molecule has 1 heterocycles. The van der Waals surface area contributed by atoms with Gasteiger partial charge in [0, 0.05) is 19.4 Å². The number of hydrogen-bond acceptors (Lipinski definition) is 3. The Morgan fingerprint density at radius 2 is 2.00 bits per heavy atom. The van der Waals surface area contributed by atoms with Crippen LogP contribution >= 0.6 is 0 Å². The van der Waals surface area contributed by atoms with E-state index in [1.165, 1.54) is 12.1 Å². The molecule has 1 aliphatic rings. The molecule has 1 saturated heterocycles. The number of halogens is 1. The van der Waals surface area contributed by atoms with Crippen molar-refractivity contribution in [3.05, 3.63) is 83.7 Å². The lowest BCUT2D eigenvalue weighted by Crippen LogP contribution is -2.48. The maximum Gasteiger partial charge on any atom is 0.411 e. The van der Waals surface area contributed by atoms with Gasteiger partial charge in [0.15, 0.2) is 0 Å². The zero-order chi connectivity index (χ0) is 21.2. The topological polar surface area (TPSA) is 49.8 Å². The van der Waals surface area contributed by atoms with E-state index in [2.05, 4.69) is 6.58 Å². The van der Waals surface area contributed by atoms with Gasteiger partial charge in [-0.15, -0.1) is 6.58 Å². The summed E-state index contributed by atoms with van der Waals surface area (Å²) in [5, 5.41) is 10.3. The molecular weight excluding hydrogens is 369 g/mol. The first-order valence-corrected chi connectivity index (χ1v) is 9.86. The third-order valence-electron chi connectivity index (χ3n) is 5.66. The van der Waals surface area contributed by atoms with Crippen LogP contribution in [-0.4, -0.2) is 22.6 Å². The van der Waals surface area contributed by atoms with Crippen molar-refractivity contribution in [2.75, 3.05) is 6.54 Å². The van der Waals surface area contributed by atoms with Crippen LogP contribution in [0.15, 0.2) is 61.2 Å². The molecule has 29 heavy (non-hydrogen) atoms. The van der Waals surface area contributed by atoms with E-state index in [0.717, 1.165) is 16.7 Å². The molecule has 2 aromatic rings. The van der Waals surface area contributed by atoms with Gasteiger partial charge in [-0.1, -0.05) is 42.5 Å². The van der Waals surface area contributed by atoms with Crippen molar-refractivity contribution in [3.63, 3.8) is 0 Å². The van der Waals surface area contributed by atoms with E-state index in [9.17, 15) is 14.3 Å². The predicted molar refractivity (Wildman–Crippen MR) is 111 cm³/mol. The largest absolute Gasteiger partial charge is 0.437 e. The Morgan fingerprint density at radius 1 is 1.31 bits per heavy atom. The summed E-state index contributed by atoms with van der Waals surface area (Å²) in [6.45, 7) is 9.71. The van der Waals surface area contributed by atoms with E-state index in [4.69, 9.17) is 4.74 Å². The average molecular weight is 397 g/mol. The normalized spacial score (nSPS) is 20.9. The molecule has 1 amide bonds. The number of rotatable bonds is 6. The van der Waals surface area contributed by atoms with Crippen LogP contribution in [0, 0.1) is 5.82 Å². The molecule has 0 saturated carbocycles. The van der Waals surface area contributed by atoms with Crippen molar-refractivity contribution in [1.29, 1.82) is 0 Å². The van der Waals surface area contributed by atoms with E-state index >= 15 is 0 Å². The minimum absolute atomic E-state index is 0.209. The lowest BCUT2D eigenvalue weighted by atomic mass is 9.85. The molecule has 4 nitrogen and oxygen atoms in total. The smallest absolute Gasteiger partial charge is 0.411 e. The van der Waals surface area contributed by atoms with Crippen molar-refractivity contribution >= 4 is 6.09 Å². The van der Waals surface area contributed by atoms with Gasteiger partial charge in [-0.25, -0.2) is 9.18 Å². The molecule has 1 fully saturated rings. The fourth-order valence-electron chi connectivity index (χ4n) is 3.83. The fourth-order valence-corrected chi connectivity index (χ4v) is 3.83. The summed E-state index contributed by atoms with van der Waals surface area (Å²) in [5.41, 5.74) is 0.694. The maximum atomic E-state index is 13.4. The number of carbonyl (C=O) groups excluding carboxylic acids is 1. The van der Waals surface area contributed by atoms with Crippen LogP contribution in [0.4, 0.5) is 9.18 Å². The van der Waals surface area contributed by atoms with Gasteiger partial charge in [0.2, 0.25) is 0 Å². The standard InChI is InChI=1S/C24H28FNO3/c1-5-13-24(19-9-11-21(25)12-10-19)14-15-26(22(27)29-24)17(2)18-7-6-8-20(16-18)23(3,4)28/h5-12,16-17,28H,1,13-15H2,2-4H3/t17-,24+/m0/s1. The minimum Gasteiger partial charge on any atom is -0.437 e. The molecule has 5 heteroatoms. The first-order valence-electron chi connectivity index (χ1n) is 9.86. The Balaban J connectivity index is 1.84. The van der Waals surface area contributed by atoms with Gasteiger partial charge in [0.1, 0.15) is 11.4 Å². The molecular formula is C24H28FNO3. The summed E-state index contributed by atoms with van der Waals surface area (Å²) in [4.78, 5) is 14.7. The number of benzene rings is 2. The summed E-state index contributed by atoms with van der Waals surface area (Å²) < 4.78 is 19.3. The quantitative estimate of drug-likeness (QED) is 0.662. The predicted octanol–water partition coefficient (Wildman–Crippen LogP) is 5.43. The third kappa shape index (κ3) is 4.35. The highest BCUT2D eigenvalue weighted by Crippen LogP contribution is 2.40. The lowest BCUT2D eigenvalue weighted by molar-refractivity contribution is -0.0589. The summed E-state index contributed by atoms with van der Waals surface area (Å²) in [5.74, 6) is -0.327. The summed E-state index contributed by atoms with van der Waals surface area (Å²) in [6.07, 6.45) is 2.35. The molecule has 0 bridgehead atoms. The highest BCUT2D eigenvalue weighted by molar-refractivity contribution is 5.70. The molecule has 2 aromatic carbocycles. The second kappa shape index (κ2) is 7.99. The molecule has 1 aliphatic heterocycles. The minimum atomic E-state index is -0.958. The first-order chi connectivity index (χ1) is 13.7. The highest BCUT2D eigenvalue weighted by atomic mass is 19.1. The van der Waals surface area contributed by atoms with Crippen molar-refractivity contribution in [3.8, 4) is 0 Å². The monoisotopic (exact) mass is 397 g/mol.